The number of nitrogens with zero attached hydrogens (tertiary/aromatic N) is 1. The summed E-state index contributed by atoms with van der Waals surface area (Å²) in [5.74, 6) is -0.220. The van der Waals surface area contributed by atoms with Gasteiger partial charge in [0.1, 0.15) is 11.5 Å². The van der Waals surface area contributed by atoms with Crippen molar-refractivity contribution in [3.8, 4) is 0 Å². The largest absolute Gasteiger partial charge is 0.357 e. The molecule has 0 unspecified atom stereocenters. The number of rotatable bonds is 1. The molecule has 2 aliphatic heterocycles. The Morgan fingerprint density at radius 2 is 1.95 bits per heavy atom. The second-order valence-corrected chi connectivity index (χ2v) is 5.74. The third kappa shape index (κ3) is 1.62. The highest BCUT2D eigenvalue weighted by molar-refractivity contribution is 6.04. The van der Waals surface area contributed by atoms with E-state index in [4.69, 9.17) is 0 Å². The Kier molecular flexibility index (Phi) is 2.40. The summed E-state index contributed by atoms with van der Waals surface area (Å²) < 4.78 is 13.5. The fraction of sp³-hybridized carbons (Fsp3) is 0.235. The first-order valence-corrected chi connectivity index (χ1v) is 7.08. The molecule has 1 atom stereocenters. The lowest BCUT2D eigenvalue weighted by molar-refractivity contribution is -0.117. The third-order valence-corrected chi connectivity index (χ3v) is 4.40. The molecular formula is C17H15FN2O. The predicted octanol–water partition coefficient (Wildman–Crippen LogP) is 3.54. The number of amides is 1. The van der Waals surface area contributed by atoms with Gasteiger partial charge < -0.3 is 5.32 Å². The number of carbonyl (C=O) groups excluding carboxylic acids is 1. The molecule has 0 bridgehead atoms. The van der Waals surface area contributed by atoms with Crippen LogP contribution in [0.2, 0.25) is 0 Å². The van der Waals surface area contributed by atoms with E-state index >= 15 is 0 Å². The minimum absolute atomic E-state index is 0.0773. The second-order valence-electron chi connectivity index (χ2n) is 5.74. The molecule has 106 valence electrons. The first-order chi connectivity index (χ1) is 10.1. The van der Waals surface area contributed by atoms with Crippen LogP contribution in [0.1, 0.15) is 24.0 Å². The van der Waals surface area contributed by atoms with Crippen molar-refractivity contribution in [2.75, 3.05) is 10.2 Å². The lowest BCUT2D eigenvalue weighted by atomic mass is 9.96. The molecular weight excluding hydrogens is 267 g/mol. The van der Waals surface area contributed by atoms with E-state index in [1.54, 1.807) is 11.0 Å². The van der Waals surface area contributed by atoms with Crippen LogP contribution in [0.15, 0.2) is 42.5 Å². The quantitative estimate of drug-likeness (QED) is 0.867. The van der Waals surface area contributed by atoms with Gasteiger partial charge in [0.05, 0.1) is 11.4 Å². The summed E-state index contributed by atoms with van der Waals surface area (Å²) >= 11 is 0. The number of aryl methyl sites for hydroxylation is 1. The first-order valence-electron chi connectivity index (χ1n) is 7.08. The summed E-state index contributed by atoms with van der Waals surface area (Å²) in [5.41, 5.74) is 3.09. The van der Waals surface area contributed by atoms with Crippen molar-refractivity contribution in [3.63, 3.8) is 0 Å². The van der Waals surface area contributed by atoms with Gasteiger partial charge in [-0.3, -0.25) is 9.69 Å². The van der Waals surface area contributed by atoms with E-state index in [-0.39, 0.29) is 11.7 Å². The van der Waals surface area contributed by atoms with E-state index in [0.717, 1.165) is 11.3 Å². The summed E-state index contributed by atoms with van der Waals surface area (Å²) in [6.45, 7) is 2.03. The van der Waals surface area contributed by atoms with Gasteiger partial charge in [-0.2, -0.15) is 0 Å². The highest BCUT2D eigenvalue weighted by atomic mass is 19.1. The van der Waals surface area contributed by atoms with Crippen molar-refractivity contribution in [2.45, 2.75) is 25.4 Å². The zero-order valence-electron chi connectivity index (χ0n) is 11.7. The van der Waals surface area contributed by atoms with Gasteiger partial charge in [0.15, 0.2) is 0 Å². The van der Waals surface area contributed by atoms with Gasteiger partial charge in [-0.1, -0.05) is 29.8 Å². The van der Waals surface area contributed by atoms with E-state index in [1.165, 1.54) is 17.7 Å². The molecule has 4 heteroatoms. The fourth-order valence-electron chi connectivity index (χ4n) is 3.38. The van der Waals surface area contributed by atoms with Crippen LogP contribution >= 0.6 is 0 Å². The van der Waals surface area contributed by atoms with E-state index < -0.39 is 5.66 Å². The number of carbonyl (C=O) groups is 1. The molecule has 2 aromatic carbocycles. The molecule has 0 aliphatic carbocycles. The molecule has 2 aromatic rings. The zero-order valence-corrected chi connectivity index (χ0v) is 11.7. The summed E-state index contributed by atoms with van der Waals surface area (Å²) in [4.78, 5) is 14.1. The molecule has 0 aromatic heterocycles. The fourth-order valence-corrected chi connectivity index (χ4v) is 3.38. The number of benzene rings is 2. The third-order valence-electron chi connectivity index (χ3n) is 4.40. The smallest absolute Gasteiger partial charge is 0.229 e. The van der Waals surface area contributed by atoms with Crippen molar-refractivity contribution < 1.29 is 9.18 Å². The Balaban J connectivity index is 1.89. The number of hydrogen-bond donors (Lipinski definition) is 1. The van der Waals surface area contributed by atoms with Gasteiger partial charge in [0, 0.05) is 12.8 Å². The van der Waals surface area contributed by atoms with Gasteiger partial charge in [-0.15, -0.1) is 0 Å². The maximum Gasteiger partial charge on any atom is 0.229 e. The number of fused-ring (bicyclic) bond motifs is 3. The summed E-state index contributed by atoms with van der Waals surface area (Å²) in [6, 6.07) is 12.7. The minimum atomic E-state index is -0.569. The Morgan fingerprint density at radius 1 is 1.19 bits per heavy atom. The molecule has 1 saturated heterocycles. The van der Waals surface area contributed by atoms with Crippen molar-refractivity contribution in [1.82, 2.24) is 0 Å². The van der Waals surface area contributed by atoms with E-state index in [1.807, 2.05) is 31.2 Å². The first kappa shape index (κ1) is 12.4. The average molecular weight is 282 g/mol. The molecule has 1 N–H and O–H groups in total. The van der Waals surface area contributed by atoms with Crippen molar-refractivity contribution in [3.05, 3.63) is 59.4 Å². The molecule has 2 aliphatic rings. The standard InChI is InChI=1S/C17H15FN2O/c1-11-2-4-12(5-3-11)17-9-8-16(21)20(17)15-7-6-13(18)10-14(15)19-17/h2-7,10,19H,8-9H2,1H3/t17-/m1/s1. The number of halogens is 1. The molecule has 4 rings (SSSR count). The molecule has 21 heavy (non-hydrogen) atoms. The Hall–Kier alpha value is -2.36. The van der Waals surface area contributed by atoms with E-state index in [9.17, 15) is 9.18 Å². The lowest BCUT2D eigenvalue weighted by Gasteiger charge is -2.33. The Bertz CT molecular complexity index is 741. The van der Waals surface area contributed by atoms with Crippen molar-refractivity contribution >= 4 is 17.3 Å². The monoisotopic (exact) mass is 282 g/mol. The Morgan fingerprint density at radius 3 is 2.71 bits per heavy atom. The molecule has 0 spiro atoms. The molecule has 2 heterocycles. The van der Waals surface area contributed by atoms with Crippen LogP contribution in [-0.2, 0) is 10.5 Å². The topological polar surface area (TPSA) is 32.3 Å². The molecule has 1 fully saturated rings. The number of anilines is 2. The highest BCUT2D eigenvalue weighted by Gasteiger charge is 2.52. The molecule has 1 amide bonds. The summed E-state index contributed by atoms with van der Waals surface area (Å²) in [6.07, 6.45) is 1.18. The maximum absolute atomic E-state index is 13.5. The second kappa shape index (κ2) is 4.07. The highest BCUT2D eigenvalue weighted by Crippen LogP contribution is 2.51. The molecule has 0 radical (unpaired) electrons. The summed E-state index contributed by atoms with van der Waals surface area (Å²) in [7, 11) is 0. The van der Waals surface area contributed by atoms with Crippen molar-refractivity contribution in [1.29, 1.82) is 0 Å². The maximum atomic E-state index is 13.5. The van der Waals surface area contributed by atoms with Crippen molar-refractivity contribution in [2.24, 2.45) is 0 Å². The molecule has 0 saturated carbocycles. The average Bonchev–Trinajstić information content (AvgIpc) is 2.95. The van der Waals surface area contributed by atoms with Gasteiger partial charge in [0.25, 0.3) is 0 Å². The van der Waals surface area contributed by atoms with Gasteiger partial charge >= 0.3 is 0 Å². The molecule has 3 nitrogen and oxygen atoms in total. The van der Waals surface area contributed by atoms with Crippen LogP contribution in [-0.4, -0.2) is 5.91 Å². The van der Waals surface area contributed by atoms with E-state index in [0.29, 0.717) is 18.5 Å². The number of nitrogens with one attached hydrogen (secondary N) is 1. The van der Waals surface area contributed by atoms with E-state index in [2.05, 4.69) is 5.32 Å². The van der Waals surface area contributed by atoms with Crippen LogP contribution in [0.5, 0.6) is 0 Å². The lowest BCUT2D eigenvalue weighted by Crippen LogP contribution is -2.44. The van der Waals surface area contributed by atoms with Gasteiger partial charge in [-0.25, -0.2) is 4.39 Å². The number of hydrogen-bond acceptors (Lipinski definition) is 2. The summed E-state index contributed by atoms with van der Waals surface area (Å²) in [5, 5.41) is 3.38. The van der Waals surface area contributed by atoms with Crippen LogP contribution in [0.4, 0.5) is 15.8 Å². The minimum Gasteiger partial charge on any atom is -0.357 e. The van der Waals surface area contributed by atoms with Gasteiger partial charge in [0.2, 0.25) is 5.91 Å². The van der Waals surface area contributed by atoms with Crippen LogP contribution in [0.3, 0.4) is 0 Å². The zero-order chi connectivity index (χ0) is 14.6. The van der Waals surface area contributed by atoms with Gasteiger partial charge in [-0.05, 0) is 30.7 Å². The van der Waals surface area contributed by atoms with Crippen LogP contribution in [0, 0.1) is 12.7 Å². The van der Waals surface area contributed by atoms with Crippen LogP contribution in [0.25, 0.3) is 0 Å². The normalized spacial score (nSPS) is 23.0. The SMILES string of the molecule is Cc1ccc([C@@]23CCC(=O)N2c2ccc(F)cc2N3)cc1. The Labute approximate surface area is 122 Å². The van der Waals surface area contributed by atoms with Crippen LogP contribution < -0.4 is 10.2 Å². The predicted molar refractivity (Wildman–Crippen MR) is 79.6 cm³/mol.